The lowest BCUT2D eigenvalue weighted by molar-refractivity contribution is 0.280. The van der Waals surface area contributed by atoms with Gasteiger partial charge in [0.15, 0.2) is 0 Å². The van der Waals surface area contributed by atoms with Crippen molar-refractivity contribution in [2.45, 2.75) is 20.1 Å². The summed E-state index contributed by atoms with van der Waals surface area (Å²) in [6, 6.07) is 3.83. The zero-order chi connectivity index (χ0) is 13.1. The zero-order valence-electron chi connectivity index (χ0n) is 11.0. The van der Waals surface area contributed by atoms with Gasteiger partial charge in [0.2, 0.25) is 0 Å². The molecule has 0 spiro atoms. The van der Waals surface area contributed by atoms with Crippen LogP contribution >= 0.6 is 0 Å². The van der Waals surface area contributed by atoms with E-state index in [4.69, 9.17) is 5.11 Å². The number of anilines is 1. The molecule has 0 unspecified atom stereocenters. The second kappa shape index (κ2) is 5.18. The van der Waals surface area contributed by atoms with Crippen LogP contribution in [-0.2, 0) is 20.2 Å². The SMILES string of the molecule is Cc1nc(N(C)Cc2nccn2C)ccc1CO. The van der Waals surface area contributed by atoms with Crippen LogP contribution in [0.1, 0.15) is 17.1 Å². The van der Waals surface area contributed by atoms with E-state index in [1.54, 1.807) is 6.20 Å². The van der Waals surface area contributed by atoms with E-state index in [1.165, 1.54) is 0 Å². The Morgan fingerprint density at radius 1 is 1.39 bits per heavy atom. The van der Waals surface area contributed by atoms with Gasteiger partial charge in [0.1, 0.15) is 11.6 Å². The molecule has 5 nitrogen and oxygen atoms in total. The highest BCUT2D eigenvalue weighted by Crippen LogP contribution is 2.15. The van der Waals surface area contributed by atoms with E-state index in [1.807, 2.05) is 48.8 Å². The van der Waals surface area contributed by atoms with E-state index < -0.39 is 0 Å². The summed E-state index contributed by atoms with van der Waals surface area (Å²) in [5, 5.41) is 9.12. The number of imidazole rings is 1. The Balaban J connectivity index is 2.16. The topological polar surface area (TPSA) is 54.2 Å². The summed E-state index contributed by atoms with van der Waals surface area (Å²) in [5.41, 5.74) is 1.73. The highest BCUT2D eigenvalue weighted by molar-refractivity contribution is 5.40. The lowest BCUT2D eigenvalue weighted by atomic mass is 10.2. The summed E-state index contributed by atoms with van der Waals surface area (Å²) in [4.78, 5) is 10.8. The van der Waals surface area contributed by atoms with Gasteiger partial charge in [-0.1, -0.05) is 6.07 Å². The first kappa shape index (κ1) is 12.6. The predicted molar refractivity (Wildman–Crippen MR) is 70.2 cm³/mol. The number of aliphatic hydroxyl groups excluding tert-OH is 1. The molecule has 96 valence electrons. The first-order valence-corrected chi connectivity index (χ1v) is 5.86. The molecule has 0 saturated carbocycles. The summed E-state index contributed by atoms with van der Waals surface area (Å²) in [6.07, 6.45) is 3.72. The smallest absolute Gasteiger partial charge is 0.128 e. The zero-order valence-corrected chi connectivity index (χ0v) is 11.0. The van der Waals surface area contributed by atoms with Crippen LogP contribution < -0.4 is 4.90 Å². The van der Waals surface area contributed by atoms with E-state index in [0.29, 0.717) is 6.54 Å². The molecule has 2 aromatic heterocycles. The Kier molecular flexibility index (Phi) is 3.62. The van der Waals surface area contributed by atoms with Crippen molar-refractivity contribution in [3.63, 3.8) is 0 Å². The third-order valence-electron chi connectivity index (χ3n) is 3.04. The molecule has 2 heterocycles. The Bertz CT molecular complexity index is 536. The number of pyridine rings is 1. The predicted octanol–water partition coefficient (Wildman–Crippen LogP) is 1.25. The van der Waals surface area contributed by atoms with E-state index in [0.717, 1.165) is 22.9 Å². The minimum absolute atomic E-state index is 0.0300. The summed E-state index contributed by atoms with van der Waals surface area (Å²) in [7, 11) is 3.96. The minimum Gasteiger partial charge on any atom is -0.392 e. The van der Waals surface area contributed by atoms with Crippen LogP contribution in [0, 0.1) is 6.92 Å². The third kappa shape index (κ3) is 2.51. The fourth-order valence-electron chi connectivity index (χ4n) is 1.80. The average Bonchev–Trinajstić information content (AvgIpc) is 2.75. The largest absolute Gasteiger partial charge is 0.392 e. The third-order valence-corrected chi connectivity index (χ3v) is 3.04. The molecule has 0 aliphatic heterocycles. The summed E-state index contributed by atoms with van der Waals surface area (Å²) >= 11 is 0. The second-order valence-corrected chi connectivity index (χ2v) is 4.38. The van der Waals surface area contributed by atoms with Crippen molar-refractivity contribution in [1.82, 2.24) is 14.5 Å². The number of nitrogens with zero attached hydrogens (tertiary/aromatic N) is 4. The molecule has 0 saturated heterocycles. The van der Waals surface area contributed by atoms with Crippen molar-refractivity contribution in [2.75, 3.05) is 11.9 Å². The number of aromatic nitrogens is 3. The van der Waals surface area contributed by atoms with Crippen molar-refractivity contribution in [3.05, 3.63) is 41.6 Å². The number of aryl methyl sites for hydroxylation is 2. The maximum atomic E-state index is 9.12. The van der Waals surface area contributed by atoms with Crippen molar-refractivity contribution in [3.8, 4) is 0 Å². The first-order valence-electron chi connectivity index (χ1n) is 5.86. The van der Waals surface area contributed by atoms with Crippen LogP contribution in [0.4, 0.5) is 5.82 Å². The van der Waals surface area contributed by atoms with Crippen molar-refractivity contribution < 1.29 is 5.11 Å². The van der Waals surface area contributed by atoms with E-state index >= 15 is 0 Å². The molecule has 1 N–H and O–H groups in total. The van der Waals surface area contributed by atoms with E-state index in [9.17, 15) is 0 Å². The van der Waals surface area contributed by atoms with Crippen LogP contribution in [-0.4, -0.2) is 26.7 Å². The molecule has 0 aliphatic rings. The molecule has 2 aromatic rings. The van der Waals surface area contributed by atoms with Gasteiger partial charge in [-0.2, -0.15) is 0 Å². The molecule has 18 heavy (non-hydrogen) atoms. The Morgan fingerprint density at radius 3 is 2.72 bits per heavy atom. The fraction of sp³-hybridized carbons (Fsp3) is 0.385. The highest BCUT2D eigenvalue weighted by Gasteiger charge is 2.08. The second-order valence-electron chi connectivity index (χ2n) is 4.38. The Hall–Kier alpha value is -1.88. The lowest BCUT2D eigenvalue weighted by Crippen LogP contribution is -2.20. The molecule has 5 heteroatoms. The van der Waals surface area contributed by atoms with Gasteiger partial charge in [0, 0.05) is 32.2 Å². The number of hydrogen-bond donors (Lipinski definition) is 1. The number of aliphatic hydroxyl groups is 1. The van der Waals surface area contributed by atoms with Crippen LogP contribution in [0.15, 0.2) is 24.5 Å². The molecule has 0 radical (unpaired) electrons. The van der Waals surface area contributed by atoms with Crippen LogP contribution in [0.5, 0.6) is 0 Å². The minimum atomic E-state index is 0.0300. The quantitative estimate of drug-likeness (QED) is 0.882. The number of hydrogen-bond acceptors (Lipinski definition) is 4. The maximum absolute atomic E-state index is 9.12. The summed E-state index contributed by atoms with van der Waals surface area (Å²) in [6.45, 7) is 2.64. The van der Waals surface area contributed by atoms with Gasteiger partial charge in [-0.05, 0) is 18.6 Å². The van der Waals surface area contributed by atoms with Crippen LogP contribution in [0.3, 0.4) is 0 Å². The Morgan fingerprint density at radius 2 is 2.17 bits per heavy atom. The van der Waals surface area contributed by atoms with Gasteiger partial charge in [0.25, 0.3) is 0 Å². The average molecular weight is 246 g/mol. The highest BCUT2D eigenvalue weighted by atomic mass is 16.3. The molecule has 0 aliphatic carbocycles. The fourth-order valence-corrected chi connectivity index (χ4v) is 1.80. The number of rotatable bonds is 4. The molecule has 0 fully saturated rings. The molecule has 0 amide bonds. The van der Waals surface area contributed by atoms with Gasteiger partial charge in [-0.15, -0.1) is 0 Å². The molecule has 0 aromatic carbocycles. The monoisotopic (exact) mass is 246 g/mol. The molecular formula is C13H18N4O. The van der Waals surface area contributed by atoms with Crippen LogP contribution in [0.2, 0.25) is 0 Å². The van der Waals surface area contributed by atoms with Crippen molar-refractivity contribution in [2.24, 2.45) is 7.05 Å². The first-order chi connectivity index (χ1) is 8.61. The van der Waals surface area contributed by atoms with Gasteiger partial charge < -0.3 is 14.6 Å². The van der Waals surface area contributed by atoms with E-state index in [2.05, 4.69) is 9.97 Å². The van der Waals surface area contributed by atoms with Crippen molar-refractivity contribution in [1.29, 1.82) is 0 Å². The van der Waals surface area contributed by atoms with E-state index in [-0.39, 0.29) is 6.61 Å². The van der Waals surface area contributed by atoms with Gasteiger partial charge >= 0.3 is 0 Å². The van der Waals surface area contributed by atoms with Gasteiger partial charge in [0.05, 0.1) is 13.2 Å². The molecule has 0 atom stereocenters. The molecular weight excluding hydrogens is 228 g/mol. The Labute approximate surface area is 107 Å². The maximum Gasteiger partial charge on any atom is 0.128 e. The van der Waals surface area contributed by atoms with Gasteiger partial charge in [-0.3, -0.25) is 0 Å². The van der Waals surface area contributed by atoms with Crippen LogP contribution in [0.25, 0.3) is 0 Å². The van der Waals surface area contributed by atoms with Crippen molar-refractivity contribution >= 4 is 5.82 Å². The summed E-state index contributed by atoms with van der Waals surface area (Å²) in [5.74, 6) is 1.87. The standard InChI is InChI=1S/C13H18N4O/c1-10-11(9-18)4-5-12(15-10)17(3)8-13-14-6-7-16(13)2/h4-7,18H,8-9H2,1-3H3. The lowest BCUT2D eigenvalue weighted by Gasteiger charge is -2.18. The van der Waals surface area contributed by atoms with Gasteiger partial charge in [-0.25, -0.2) is 9.97 Å². The normalized spacial score (nSPS) is 10.7. The molecule has 0 bridgehead atoms. The molecule has 2 rings (SSSR count). The summed E-state index contributed by atoms with van der Waals surface area (Å²) < 4.78 is 1.99.